The van der Waals surface area contributed by atoms with Gasteiger partial charge in [0.15, 0.2) is 0 Å². The van der Waals surface area contributed by atoms with E-state index in [2.05, 4.69) is 22.0 Å². The van der Waals surface area contributed by atoms with Gasteiger partial charge >= 0.3 is 0 Å². The summed E-state index contributed by atoms with van der Waals surface area (Å²) in [5.41, 5.74) is -0.363. The largest absolute Gasteiger partial charge is 0.492 e. The lowest BCUT2D eigenvalue weighted by Crippen LogP contribution is -2.12. The Labute approximate surface area is 127 Å². The topological polar surface area (TPSA) is 93.2 Å². The fourth-order valence-corrected chi connectivity index (χ4v) is 2.71. The van der Waals surface area contributed by atoms with Gasteiger partial charge < -0.3 is 4.74 Å². The zero-order valence-electron chi connectivity index (χ0n) is 11.4. The van der Waals surface area contributed by atoms with E-state index in [1.165, 1.54) is 12.1 Å². The summed E-state index contributed by atoms with van der Waals surface area (Å²) in [6.45, 7) is 4.21. The Morgan fingerprint density at radius 1 is 1.45 bits per heavy atom. The molecule has 0 spiro atoms. The average molecular weight is 361 g/mol. The number of nitrogens with two attached hydrogens (primary N) is 1. The number of hydrogen-bond acceptors (Lipinski definition) is 4. The highest BCUT2D eigenvalue weighted by Crippen LogP contribution is 2.28. The molecule has 2 N–H and O–H groups in total. The predicted molar refractivity (Wildman–Crippen MR) is 79.6 cm³/mol. The van der Waals surface area contributed by atoms with Gasteiger partial charge in [0.05, 0.1) is 27.5 Å². The van der Waals surface area contributed by atoms with Crippen LogP contribution >= 0.6 is 15.9 Å². The fourth-order valence-electron chi connectivity index (χ4n) is 1.53. The van der Waals surface area contributed by atoms with Crippen LogP contribution in [-0.2, 0) is 10.0 Å². The Balaban J connectivity index is 2.61. The van der Waals surface area contributed by atoms with Crippen molar-refractivity contribution in [1.29, 1.82) is 5.26 Å². The van der Waals surface area contributed by atoms with Crippen molar-refractivity contribution >= 4 is 26.0 Å². The summed E-state index contributed by atoms with van der Waals surface area (Å²) >= 11 is 3.25. The van der Waals surface area contributed by atoms with E-state index in [1.54, 1.807) is 6.07 Å². The summed E-state index contributed by atoms with van der Waals surface area (Å²) in [6.07, 6.45) is 1.47. The smallest absolute Gasteiger partial charge is 0.238 e. The molecule has 20 heavy (non-hydrogen) atoms. The third-order valence-corrected chi connectivity index (χ3v) is 4.27. The van der Waals surface area contributed by atoms with Crippen molar-refractivity contribution in [2.24, 2.45) is 10.6 Å². The molecule has 0 bridgehead atoms. The first-order valence-corrected chi connectivity index (χ1v) is 8.36. The van der Waals surface area contributed by atoms with Crippen LogP contribution in [0.1, 0.15) is 26.7 Å². The molecule has 0 aliphatic rings. The maximum Gasteiger partial charge on any atom is 0.238 e. The standard InChI is InChI=1S/C13H17BrN2O3S/c1-13(2,9-15)6-3-7-19-12-5-4-10(8-11(12)14)20(16,17)18/h4-5,8H,3,6-7H2,1-2H3,(H2,16,17,18). The van der Waals surface area contributed by atoms with Crippen LogP contribution in [0, 0.1) is 16.7 Å². The maximum absolute atomic E-state index is 11.2. The minimum absolute atomic E-state index is 0.0299. The van der Waals surface area contributed by atoms with E-state index in [0.29, 0.717) is 16.8 Å². The summed E-state index contributed by atoms with van der Waals surface area (Å²) in [7, 11) is -3.71. The summed E-state index contributed by atoms with van der Waals surface area (Å²) < 4.78 is 28.5. The van der Waals surface area contributed by atoms with Gasteiger partial charge in [0.2, 0.25) is 10.0 Å². The molecule has 0 aromatic heterocycles. The van der Waals surface area contributed by atoms with Gasteiger partial charge in [-0.25, -0.2) is 13.6 Å². The molecule has 0 saturated heterocycles. The molecule has 0 unspecified atom stereocenters. The number of hydrogen-bond donors (Lipinski definition) is 1. The number of rotatable bonds is 6. The highest BCUT2D eigenvalue weighted by molar-refractivity contribution is 9.10. The van der Waals surface area contributed by atoms with E-state index >= 15 is 0 Å². The normalized spacial score (nSPS) is 11.9. The zero-order chi connectivity index (χ0) is 15.4. The van der Waals surface area contributed by atoms with Gasteiger partial charge in [-0.2, -0.15) is 5.26 Å². The first-order valence-electron chi connectivity index (χ1n) is 6.02. The Morgan fingerprint density at radius 2 is 2.10 bits per heavy atom. The average Bonchev–Trinajstić information content (AvgIpc) is 2.35. The lowest BCUT2D eigenvalue weighted by molar-refractivity contribution is 0.282. The molecule has 5 nitrogen and oxygen atoms in total. The van der Waals surface area contributed by atoms with E-state index in [1.807, 2.05) is 13.8 Å². The van der Waals surface area contributed by atoms with Crippen LogP contribution in [0.15, 0.2) is 27.6 Å². The zero-order valence-corrected chi connectivity index (χ0v) is 13.8. The molecule has 110 valence electrons. The van der Waals surface area contributed by atoms with Crippen molar-refractivity contribution in [3.05, 3.63) is 22.7 Å². The first-order chi connectivity index (χ1) is 9.15. The summed E-state index contributed by atoms with van der Waals surface area (Å²) in [5.74, 6) is 0.548. The number of sulfonamides is 1. The minimum atomic E-state index is -3.71. The Bertz CT molecular complexity index is 621. The van der Waals surface area contributed by atoms with Crippen LogP contribution in [0.3, 0.4) is 0 Å². The second-order valence-electron chi connectivity index (χ2n) is 5.08. The molecule has 0 aliphatic carbocycles. The van der Waals surface area contributed by atoms with Gasteiger partial charge in [-0.3, -0.25) is 0 Å². The maximum atomic E-state index is 11.2. The van der Waals surface area contributed by atoms with Crippen LogP contribution in [0.4, 0.5) is 0 Å². The van der Waals surface area contributed by atoms with Crippen molar-refractivity contribution in [3.63, 3.8) is 0 Å². The first kappa shape index (κ1) is 17.0. The molecule has 0 fully saturated rings. The Hall–Kier alpha value is -1.10. The number of nitriles is 1. The summed E-state index contributed by atoms with van der Waals surface area (Å²) in [6, 6.07) is 6.59. The Kier molecular flexibility index (Phi) is 5.57. The van der Waals surface area contributed by atoms with E-state index < -0.39 is 10.0 Å². The SMILES string of the molecule is CC(C)(C#N)CCCOc1ccc(S(N)(=O)=O)cc1Br. The predicted octanol–water partition coefficient (Wildman–Crippen LogP) is 2.81. The second-order valence-corrected chi connectivity index (χ2v) is 7.50. The van der Waals surface area contributed by atoms with Gasteiger partial charge in [-0.15, -0.1) is 0 Å². The van der Waals surface area contributed by atoms with E-state index in [-0.39, 0.29) is 10.3 Å². The second kappa shape index (κ2) is 6.57. The van der Waals surface area contributed by atoms with Gasteiger partial charge in [-0.05, 0) is 60.8 Å². The minimum Gasteiger partial charge on any atom is -0.492 e. The van der Waals surface area contributed by atoms with Crippen LogP contribution in [0.2, 0.25) is 0 Å². The highest BCUT2D eigenvalue weighted by Gasteiger charge is 2.16. The van der Waals surface area contributed by atoms with Crippen molar-refractivity contribution in [1.82, 2.24) is 0 Å². The van der Waals surface area contributed by atoms with Gasteiger partial charge in [-0.1, -0.05) is 0 Å². The molecule has 7 heteroatoms. The molecular formula is C13H17BrN2O3S. The molecule has 0 radical (unpaired) electrons. The summed E-state index contributed by atoms with van der Waals surface area (Å²) in [5, 5.41) is 13.9. The van der Waals surface area contributed by atoms with Gasteiger partial charge in [0.25, 0.3) is 0 Å². The molecule has 0 atom stereocenters. The van der Waals surface area contributed by atoms with E-state index in [9.17, 15) is 8.42 Å². The number of halogens is 1. The number of ether oxygens (including phenoxy) is 1. The van der Waals surface area contributed by atoms with Gasteiger partial charge in [0, 0.05) is 0 Å². The van der Waals surface area contributed by atoms with Crippen LogP contribution in [0.5, 0.6) is 5.75 Å². The number of benzene rings is 1. The third kappa shape index (κ3) is 5.12. The number of nitrogens with zero attached hydrogens (tertiary/aromatic N) is 1. The van der Waals surface area contributed by atoms with Crippen LogP contribution in [0.25, 0.3) is 0 Å². The molecular weight excluding hydrogens is 344 g/mol. The molecule has 0 amide bonds. The molecule has 1 rings (SSSR count). The van der Waals surface area contributed by atoms with Gasteiger partial charge in [0.1, 0.15) is 5.75 Å². The van der Waals surface area contributed by atoms with E-state index in [0.717, 1.165) is 12.8 Å². The molecule has 0 aliphatic heterocycles. The molecule has 0 saturated carbocycles. The lowest BCUT2D eigenvalue weighted by Gasteiger charge is -2.15. The lowest BCUT2D eigenvalue weighted by atomic mass is 9.90. The van der Waals surface area contributed by atoms with Crippen LogP contribution < -0.4 is 9.88 Å². The fraction of sp³-hybridized carbons (Fsp3) is 0.462. The third-order valence-electron chi connectivity index (χ3n) is 2.74. The quantitative estimate of drug-likeness (QED) is 0.789. The van der Waals surface area contributed by atoms with Crippen LogP contribution in [-0.4, -0.2) is 15.0 Å². The van der Waals surface area contributed by atoms with Crippen molar-refractivity contribution in [2.45, 2.75) is 31.6 Å². The van der Waals surface area contributed by atoms with Crippen molar-refractivity contribution in [2.75, 3.05) is 6.61 Å². The monoisotopic (exact) mass is 360 g/mol. The molecule has 1 aromatic carbocycles. The highest BCUT2D eigenvalue weighted by atomic mass is 79.9. The number of primary sulfonamides is 1. The van der Waals surface area contributed by atoms with Crippen molar-refractivity contribution < 1.29 is 13.2 Å². The van der Waals surface area contributed by atoms with Crippen molar-refractivity contribution in [3.8, 4) is 11.8 Å². The Morgan fingerprint density at radius 3 is 2.60 bits per heavy atom. The summed E-state index contributed by atoms with van der Waals surface area (Å²) in [4.78, 5) is 0.0299. The van der Waals surface area contributed by atoms with E-state index in [4.69, 9.17) is 15.1 Å². The molecule has 1 aromatic rings. The molecule has 0 heterocycles.